The molecule has 2 rings (SSSR count). The van der Waals surface area contributed by atoms with Crippen LogP contribution in [0.5, 0.6) is 0 Å². The highest BCUT2D eigenvalue weighted by molar-refractivity contribution is 14.1. The van der Waals surface area contributed by atoms with E-state index in [0.717, 1.165) is 11.1 Å². The lowest BCUT2D eigenvalue weighted by Crippen LogP contribution is -2.17. The Morgan fingerprint density at radius 3 is 2.63 bits per heavy atom. The molecule has 0 atom stereocenters. The zero-order valence-electron chi connectivity index (χ0n) is 10.4. The molecule has 0 heterocycles. The van der Waals surface area contributed by atoms with Crippen molar-refractivity contribution in [3.05, 3.63) is 68.8 Å². The van der Waals surface area contributed by atoms with Gasteiger partial charge in [0.1, 0.15) is 0 Å². The van der Waals surface area contributed by atoms with Gasteiger partial charge in [0.05, 0.1) is 6.21 Å². The molecule has 0 bridgehead atoms. The monoisotopic (exact) mass is 364 g/mol. The topological polar surface area (TPSA) is 41.5 Å². The zero-order chi connectivity index (χ0) is 13.7. The Morgan fingerprint density at radius 1 is 1.21 bits per heavy atom. The van der Waals surface area contributed by atoms with E-state index in [-0.39, 0.29) is 5.91 Å². The van der Waals surface area contributed by atoms with Gasteiger partial charge in [0.15, 0.2) is 0 Å². The van der Waals surface area contributed by atoms with Crippen molar-refractivity contribution >= 4 is 34.7 Å². The van der Waals surface area contributed by atoms with E-state index >= 15 is 0 Å². The molecule has 0 spiro atoms. The molecule has 2 aromatic carbocycles. The third kappa shape index (κ3) is 4.17. The summed E-state index contributed by atoms with van der Waals surface area (Å²) >= 11 is 2.24. The fraction of sp³-hybridized carbons (Fsp3) is 0.0667. The molecule has 0 aromatic heterocycles. The van der Waals surface area contributed by atoms with Gasteiger partial charge >= 0.3 is 0 Å². The lowest BCUT2D eigenvalue weighted by molar-refractivity contribution is 0.0955. The number of nitrogens with one attached hydrogen (secondary N) is 1. The molecule has 0 aliphatic carbocycles. The van der Waals surface area contributed by atoms with E-state index in [0.29, 0.717) is 5.56 Å². The van der Waals surface area contributed by atoms with Gasteiger partial charge in [-0.25, -0.2) is 5.43 Å². The fourth-order valence-electron chi connectivity index (χ4n) is 1.57. The summed E-state index contributed by atoms with van der Waals surface area (Å²) in [6, 6.07) is 15.3. The van der Waals surface area contributed by atoms with Crippen molar-refractivity contribution in [1.82, 2.24) is 5.43 Å². The first-order chi connectivity index (χ1) is 9.15. The second-order valence-corrected chi connectivity index (χ2v) is 5.37. The maximum absolute atomic E-state index is 11.8. The largest absolute Gasteiger partial charge is 0.271 e. The first-order valence-corrected chi connectivity index (χ1v) is 6.89. The van der Waals surface area contributed by atoms with Gasteiger partial charge in [0.25, 0.3) is 5.91 Å². The Balaban J connectivity index is 1.98. The van der Waals surface area contributed by atoms with E-state index in [1.807, 2.05) is 49.4 Å². The summed E-state index contributed by atoms with van der Waals surface area (Å²) in [6.07, 6.45) is 1.63. The third-order valence-electron chi connectivity index (χ3n) is 2.53. The number of rotatable bonds is 3. The molecule has 0 fully saturated rings. The SMILES string of the molecule is Cc1cccc(C(=O)N/N=C/c2ccc(I)cc2)c1. The third-order valence-corrected chi connectivity index (χ3v) is 3.25. The highest BCUT2D eigenvalue weighted by Gasteiger charge is 2.02. The second-order valence-electron chi connectivity index (χ2n) is 4.12. The number of hydrogen-bond acceptors (Lipinski definition) is 2. The van der Waals surface area contributed by atoms with Gasteiger partial charge in [-0.15, -0.1) is 0 Å². The normalized spacial score (nSPS) is 10.6. The second kappa shape index (κ2) is 6.47. The predicted octanol–water partition coefficient (Wildman–Crippen LogP) is 3.36. The van der Waals surface area contributed by atoms with Gasteiger partial charge in [0, 0.05) is 9.13 Å². The summed E-state index contributed by atoms with van der Waals surface area (Å²) in [6.45, 7) is 1.95. The van der Waals surface area contributed by atoms with E-state index in [4.69, 9.17) is 0 Å². The maximum Gasteiger partial charge on any atom is 0.271 e. The molecule has 96 valence electrons. The van der Waals surface area contributed by atoms with Crippen molar-refractivity contribution in [3.63, 3.8) is 0 Å². The minimum absolute atomic E-state index is 0.203. The maximum atomic E-state index is 11.8. The Morgan fingerprint density at radius 2 is 1.95 bits per heavy atom. The summed E-state index contributed by atoms with van der Waals surface area (Å²) in [5.74, 6) is -0.203. The van der Waals surface area contributed by atoms with E-state index in [1.165, 1.54) is 3.57 Å². The zero-order valence-corrected chi connectivity index (χ0v) is 12.6. The molecule has 1 N–H and O–H groups in total. The fourth-order valence-corrected chi connectivity index (χ4v) is 1.92. The van der Waals surface area contributed by atoms with Crippen LogP contribution in [-0.4, -0.2) is 12.1 Å². The summed E-state index contributed by atoms with van der Waals surface area (Å²) in [7, 11) is 0. The van der Waals surface area contributed by atoms with Crippen molar-refractivity contribution in [3.8, 4) is 0 Å². The number of hydrogen-bond donors (Lipinski definition) is 1. The molecule has 19 heavy (non-hydrogen) atoms. The van der Waals surface area contributed by atoms with Crippen molar-refractivity contribution < 1.29 is 4.79 Å². The van der Waals surface area contributed by atoms with E-state index in [9.17, 15) is 4.79 Å². The van der Waals surface area contributed by atoms with Crippen LogP contribution < -0.4 is 5.43 Å². The molecule has 0 aliphatic heterocycles. The number of nitrogens with zero attached hydrogens (tertiary/aromatic N) is 1. The molecule has 2 aromatic rings. The first kappa shape index (κ1) is 13.7. The number of hydrazone groups is 1. The Kier molecular flexibility index (Phi) is 4.68. The van der Waals surface area contributed by atoms with Crippen molar-refractivity contribution in [2.24, 2.45) is 5.10 Å². The van der Waals surface area contributed by atoms with E-state index in [1.54, 1.807) is 12.3 Å². The standard InChI is InChI=1S/C15H13IN2O/c1-11-3-2-4-13(9-11)15(19)18-17-10-12-5-7-14(16)8-6-12/h2-10H,1H3,(H,18,19)/b17-10+. The molecule has 0 aliphatic rings. The molecule has 0 saturated carbocycles. The molecule has 1 amide bonds. The van der Waals surface area contributed by atoms with Crippen LogP contribution >= 0.6 is 22.6 Å². The van der Waals surface area contributed by atoms with Crippen LogP contribution in [0.15, 0.2) is 53.6 Å². The molecular weight excluding hydrogens is 351 g/mol. The molecule has 3 nitrogen and oxygen atoms in total. The van der Waals surface area contributed by atoms with Gasteiger partial charge in [-0.2, -0.15) is 5.10 Å². The van der Waals surface area contributed by atoms with Gasteiger partial charge in [-0.3, -0.25) is 4.79 Å². The van der Waals surface area contributed by atoms with E-state index in [2.05, 4.69) is 33.1 Å². The average Bonchev–Trinajstić information content (AvgIpc) is 2.41. The highest BCUT2D eigenvalue weighted by Crippen LogP contribution is 2.05. The molecule has 0 saturated heterocycles. The molecule has 0 unspecified atom stereocenters. The minimum atomic E-state index is -0.203. The highest BCUT2D eigenvalue weighted by atomic mass is 127. The number of carbonyl (C=O) groups excluding carboxylic acids is 1. The lowest BCUT2D eigenvalue weighted by Gasteiger charge is -2.00. The van der Waals surface area contributed by atoms with Crippen LogP contribution in [0.25, 0.3) is 0 Å². The van der Waals surface area contributed by atoms with Gasteiger partial charge in [0.2, 0.25) is 0 Å². The van der Waals surface area contributed by atoms with Crippen LogP contribution in [0.3, 0.4) is 0 Å². The average molecular weight is 364 g/mol. The van der Waals surface area contributed by atoms with Gasteiger partial charge in [-0.1, -0.05) is 29.8 Å². The summed E-state index contributed by atoms with van der Waals surface area (Å²) < 4.78 is 1.17. The lowest BCUT2D eigenvalue weighted by atomic mass is 10.1. The van der Waals surface area contributed by atoms with Crippen LogP contribution in [0.1, 0.15) is 21.5 Å². The first-order valence-electron chi connectivity index (χ1n) is 5.81. The summed E-state index contributed by atoms with van der Waals surface area (Å²) in [5, 5.41) is 3.95. The Bertz CT molecular complexity index is 606. The number of aryl methyl sites for hydroxylation is 1. The quantitative estimate of drug-likeness (QED) is 0.507. The summed E-state index contributed by atoms with van der Waals surface area (Å²) in [4.78, 5) is 11.8. The Labute approximate surface area is 125 Å². The summed E-state index contributed by atoms with van der Waals surface area (Å²) in [5.41, 5.74) is 5.13. The number of benzene rings is 2. The van der Waals surface area contributed by atoms with Crippen LogP contribution in [0.2, 0.25) is 0 Å². The van der Waals surface area contributed by atoms with Gasteiger partial charge in [-0.05, 0) is 59.3 Å². The van der Waals surface area contributed by atoms with E-state index < -0.39 is 0 Å². The van der Waals surface area contributed by atoms with Gasteiger partial charge < -0.3 is 0 Å². The Hall–Kier alpha value is -1.69. The number of carbonyl (C=O) groups is 1. The number of amides is 1. The molecule has 4 heteroatoms. The minimum Gasteiger partial charge on any atom is -0.267 e. The van der Waals surface area contributed by atoms with Crippen molar-refractivity contribution in [2.45, 2.75) is 6.92 Å². The molecule has 0 radical (unpaired) electrons. The number of halogens is 1. The van der Waals surface area contributed by atoms with Crippen LogP contribution in [-0.2, 0) is 0 Å². The van der Waals surface area contributed by atoms with Crippen molar-refractivity contribution in [2.75, 3.05) is 0 Å². The van der Waals surface area contributed by atoms with Crippen molar-refractivity contribution in [1.29, 1.82) is 0 Å². The molecular formula is C15H13IN2O. The predicted molar refractivity (Wildman–Crippen MR) is 85.4 cm³/mol. The van der Waals surface area contributed by atoms with Crippen LogP contribution in [0.4, 0.5) is 0 Å². The smallest absolute Gasteiger partial charge is 0.267 e. The van der Waals surface area contributed by atoms with Crippen LogP contribution in [0, 0.1) is 10.5 Å².